The molecule has 0 saturated carbocycles. The average molecular weight is 277 g/mol. The number of benzene rings is 1. The number of carbonyl (C=O) groups is 1. The smallest absolute Gasteiger partial charge is 0.401 e. The standard InChI is InChI=1S/C12H14F3NO3/c1-18-9-5-3-4-8(6-9)10(11(17)19-2)16-7-12(13,14)15/h3-6,10,16H,7H2,1-2H3. The number of methoxy groups -OCH3 is 2. The van der Waals surface area contributed by atoms with Crippen LogP contribution in [0.5, 0.6) is 5.75 Å². The Morgan fingerprint density at radius 1 is 1.37 bits per heavy atom. The molecule has 106 valence electrons. The highest BCUT2D eigenvalue weighted by Gasteiger charge is 2.31. The minimum absolute atomic E-state index is 0.343. The summed E-state index contributed by atoms with van der Waals surface area (Å²) < 4.78 is 46.1. The molecule has 0 heterocycles. The molecule has 1 unspecified atom stereocenters. The van der Waals surface area contributed by atoms with Crippen LogP contribution in [-0.4, -0.2) is 32.9 Å². The Morgan fingerprint density at radius 3 is 2.58 bits per heavy atom. The largest absolute Gasteiger partial charge is 0.497 e. The van der Waals surface area contributed by atoms with E-state index in [9.17, 15) is 18.0 Å². The molecule has 0 spiro atoms. The first-order valence-corrected chi connectivity index (χ1v) is 5.39. The molecule has 1 rings (SSSR count). The Labute approximate surface area is 108 Å². The summed E-state index contributed by atoms with van der Waals surface area (Å²) in [5.41, 5.74) is 0.343. The fraction of sp³-hybridized carbons (Fsp3) is 0.417. The lowest BCUT2D eigenvalue weighted by Gasteiger charge is -2.18. The van der Waals surface area contributed by atoms with E-state index in [1.165, 1.54) is 19.2 Å². The van der Waals surface area contributed by atoms with Crippen LogP contribution in [0.15, 0.2) is 24.3 Å². The van der Waals surface area contributed by atoms with Gasteiger partial charge >= 0.3 is 12.1 Å². The molecule has 1 N–H and O–H groups in total. The second-order valence-electron chi connectivity index (χ2n) is 3.73. The van der Waals surface area contributed by atoms with Crippen molar-refractivity contribution in [3.05, 3.63) is 29.8 Å². The fourth-order valence-corrected chi connectivity index (χ4v) is 1.49. The third-order valence-electron chi connectivity index (χ3n) is 2.37. The van der Waals surface area contributed by atoms with Gasteiger partial charge in [0.1, 0.15) is 11.8 Å². The SMILES string of the molecule is COC(=O)C(NCC(F)(F)F)c1cccc(OC)c1. The van der Waals surface area contributed by atoms with Crippen molar-refractivity contribution >= 4 is 5.97 Å². The van der Waals surface area contributed by atoms with E-state index in [4.69, 9.17) is 4.74 Å². The van der Waals surface area contributed by atoms with E-state index < -0.39 is 24.7 Å². The number of alkyl halides is 3. The van der Waals surface area contributed by atoms with Gasteiger partial charge in [-0.2, -0.15) is 13.2 Å². The molecule has 0 saturated heterocycles. The Hall–Kier alpha value is -1.76. The van der Waals surface area contributed by atoms with Crippen molar-refractivity contribution in [3.63, 3.8) is 0 Å². The predicted octanol–water partition coefficient (Wildman–Crippen LogP) is 2.06. The van der Waals surface area contributed by atoms with Crippen molar-refractivity contribution in [2.45, 2.75) is 12.2 Å². The van der Waals surface area contributed by atoms with Gasteiger partial charge < -0.3 is 9.47 Å². The summed E-state index contributed by atoms with van der Waals surface area (Å²) >= 11 is 0. The van der Waals surface area contributed by atoms with Gasteiger partial charge in [0.25, 0.3) is 0 Å². The number of hydrogen-bond acceptors (Lipinski definition) is 4. The summed E-state index contributed by atoms with van der Waals surface area (Å²) in [7, 11) is 2.54. The molecule has 1 atom stereocenters. The maximum Gasteiger partial charge on any atom is 0.401 e. The van der Waals surface area contributed by atoms with Crippen molar-refractivity contribution in [2.75, 3.05) is 20.8 Å². The first-order valence-electron chi connectivity index (χ1n) is 5.39. The second kappa shape index (κ2) is 6.42. The Bertz CT molecular complexity index is 434. The zero-order valence-electron chi connectivity index (χ0n) is 10.5. The third kappa shape index (κ3) is 4.78. The molecule has 0 radical (unpaired) electrons. The average Bonchev–Trinajstić information content (AvgIpc) is 2.37. The van der Waals surface area contributed by atoms with Gasteiger partial charge in [-0.3, -0.25) is 5.32 Å². The van der Waals surface area contributed by atoms with Crippen LogP contribution in [0.3, 0.4) is 0 Å². The van der Waals surface area contributed by atoms with Crippen LogP contribution in [0, 0.1) is 0 Å². The van der Waals surface area contributed by atoms with E-state index in [1.54, 1.807) is 12.1 Å². The molecule has 0 aliphatic heterocycles. The van der Waals surface area contributed by atoms with E-state index >= 15 is 0 Å². The van der Waals surface area contributed by atoms with Gasteiger partial charge in [0, 0.05) is 0 Å². The van der Waals surface area contributed by atoms with E-state index in [0.29, 0.717) is 11.3 Å². The molecule has 4 nitrogen and oxygen atoms in total. The van der Waals surface area contributed by atoms with Crippen molar-refractivity contribution in [3.8, 4) is 5.75 Å². The maximum atomic E-state index is 12.2. The van der Waals surface area contributed by atoms with Crippen LogP contribution in [-0.2, 0) is 9.53 Å². The summed E-state index contributed by atoms with van der Waals surface area (Å²) in [5, 5.41) is 2.12. The van der Waals surface area contributed by atoms with Crippen LogP contribution in [0.2, 0.25) is 0 Å². The quantitative estimate of drug-likeness (QED) is 0.837. The Balaban J connectivity index is 2.92. The fourth-order valence-electron chi connectivity index (χ4n) is 1.49. The van der Waals surface area contributed by atoms with Gasteiger partial charge in [-0.1, -0.05) is 12.1 Å². The zero-order valence-corrected chi connectivity index (χ0v) is 10.5. The lowest BCUT2D eigenvalue weighted by molar-refractivity contribution is -0.146. The minimum Gasteiger partial charge on any atom is -0.497 e. The highest BCUT2D eigenvalue weighted by molar-refractivity contribution is 5.77. The van der Waals surface area contributed by atoms with Crippen LogP contribution < -0.4 is 10.1 Å². The molecule has 0 aliphatic carbocycles. The van der Waals surface area contributed by atoms with E-state index in [2.05, 4.69) is 10.1 Å². The van der Waals surface area contributed by atoms with Crippen LogP contribution >= 0.6 is 0 Å². The maximum absolute atomic E-state index is 12.2. The second-order valence-corrected chi connectivity index (χ2v) is 3.73. The Kier molecular flexibility index (Phi) is 5.17. The molecule has 1 aromatic carbocycles. The van der Waals surface area contributed by atoms with E-state index in [1.807, 2.05) is 0 Å². The van der Waals surface area contributed by atoms with Gasteiger partial charge in [-0.15, -0.1) is 0 Å². The summed E-state index contributed by atoms with van der Waals surface area (Å²) in [6, 6.07) is 5.01. The topological polar surface area (TPSA) is 47.6 Å². The molecule has 0 aromatic heterocycles. The molecule has 7 heteroatoms. The number of esters is 1. The molecule has 0 bridgehead atoms. The number of nitrogens with one attached hydrogen (secondary N) is 1. The third-order valence-corrected chi connectivity index (χ3v) is 2.37. The number of hydrogen-bond donors (Lipinski definition) is 1. The molecule has 0 amide bonds. The highest BCUT2D eigenvalue weighted by Crippen LogP contribution is 2.22. The minimum atomic E-state index is -4.41. The van der Waals surface area contributed by atoms with Gasteiger partial charge in [0.15, 0.2) is 0 Å². The van der Waals surface area contributed by atoms with Gasteiger partial charge in [-0.05, 0) is 17.7 Å². The lowest BCUT2D eigenvalue weighted by atomic mass is 10.1. The van der Waals surface area contributed by atoms with Crippen LogP contribution in [0.4, 0.5) is 13.2 Å². The number of ether oxygens (including phenoxy) is 2. The van der Waals surface area contributed by atoms with Crippen LogP contribution in [0.25, 0.3) is 0 Å². The van der Waals surface area contributed by atoms with Gasteiger partial charge in [0.05, 0.1) is 20.8 Å². The van der Waals surface area contributed by atoms with Gasteiger partial charge in [-0.25, -0.2) is 4.79 Å². The van der Waals surface area contributed by atoms with E-state index in [0.717, 1.165) is 7.11 Å². The first kappa shape index (κ1) is 15.3. The Morgan fingerprint density at radius 2 is 2.05 bits per heavy atom. The van der Waals surface area contributed by atoms with Crippen LogP contribution in [0.1, 0.15) is 11.6 Å². The van der Waals surface area contributed by atoms with Crippen molar-refractivity contribution in [2.24, 2.45) is 0 Å². The van der Waals surface area contributed by atoms with Gasteiger partial charge in [0.2, 0.25) is 0 Å². The first-order chi connectivity index (χ1) is 8.87. The number of carbonyl (C=O) groups excluding carboxylic acids is 1. The molecule has 0 aliphatic rings. The summed E-state index contributed by atoms with van der Waals surface area (Å²) in [6.45, 7) is -1.29. The zero-order chi connectivity index (χ0) is 14.5. The highest BCUT2D eigenvalue weighted by atomic mass is 19.4. The summed E-state index contributed by atoms with van der Waals surface area (Å²) in [6.07, 6.45) is -4.41. The summed E-state index contributed by atoms with van der Waals surface area (Å²) in [4.78, 5) is 11.5. The lowest BCUT2D eigenvalue weighted by Crippen LogP contribution is -2.36. The molecular formula is C12H14F3NO3. The van der Waals surface area contributed by atoms with Crippen molar-refractivity contribution < 1.29 is 27.4 Å². The van der Waals surface area contributed by atoms with Crippen molar-refractivity contribution in [1.82, 2.24) is 5.32 Å². The monoisotopic (exact) mass is 277 g/mol. The van der Waals surface area contributed by atoms with Crippen molar-refractivity contribution in [1.29, 1.82) is 0 Å². The summed E-state index contributed by atoms with van der Waals surface area (Å²) in [5.74, 6) is -0.349. The molecule has 19 heavy (non-hydrogen) atoms. The number of halogens is 3. The normalized spacial score (nSPS) is 12.9. The number of rotatable bonds is 5. The molecule has 0 fully saturated rings. The molecule has 1 aromatic rings. The molecular weight excluding hydrogens is 263 g/mol. The van der Waals surface area contributed by atoms with E-state index in [-0.39, 0.29) is 0 Å². The predicted molar refractivity (Wildman–Crippen MR) is 61.8 cm³/mol.